The Morgan fingerprint density at radius 3 is 0.952 bits per heavy atom. The predicted molar refractivity (Wildman–Crippen MR) is 159 cm³/mol. The van der Waals surface area contributed by atoms with Gasteiger partial charge in [-0.1, -0.05) is 0 Å². The van der Waals surface area contributed by atoms with E-state index in [1.165, 1.54) is 0 Å². The number of likely N-dealkylation sites (N-methyl/N-ethyl adjacent to an activating group) is 1. The van der Waals surface area contributed by atoms with Gasteiger partial charge in [0.15, 0.2) is 0 Å². The van der Waals surface area contributed by atoms with Crippen LogP contribution in [0.1, 0.15) is 12.8 Å². The van der Waals surface area contributed by atoms with Crippen LogP contribution in [0.4, 0.5) is 0 Å². The summed E-state index contributed by atoms with van der Waals surface area (Å²) in [6.45, 7) is 14.8. The van der Waals surface area contributed by atoms with Gasteiger partial charge in [0.25, 0.3) is 0 Å². The van der Waals surface area contributed by atoms with Crippen molar-refractivity contribution in [3.05, 3.63) is 0 Å². The summed E-state index contributed by atoms with van der Waals surface area (Å²) in [7, 11) is 4.04. The quantitative estimate of drug-likeness (QED) is 0.102. The molecular weight excluding hydrogens is 552 g/mol. The molecule has 1 aliphatic rings. The van der Waals surface area contributed by atoms with Gasteiger partial charge in [-0.15, -0.1) is 0 Å². The molecule has 0 aromatic heterocycles. The van der Waals surface area contributed by atoms with E-state index < -0.39 is 0 Å². The Balaban J connectivity index is 1.60. The molecule has 0 aromatic carbocycles. The van der Waals surface area contributed by atoms with Gasteiger partial charge >= 0.3 is 0 Å². The molecule has 0 spiro atoms. The van der Waals surface area contributed by atoms with E-state index in [4.69, 9.17) is 52.1 Å². The van der Waals surface area contributed by atoms with Gasteiger partial charge in [-0.25, -0.2) is 0 Å². The molecule has 13 nitrogen and oxygen atoms in total. The first-order valence-corrected chi connectivity index (χ1v) is 15.5. The molecule has 0 amide bonds. The van der Waals surface area contributed by atoms with Crippen molar-refractivity contribution in [2.75, 3.05) is 172 Å². The highest BCUT2D eigenvalue weighted by atomic mass is 16.6. The minimum Gasteiger partial charge on any atom is -0.378 e. The molecule has 0 atom stereocenters. The Bertz CT molecular complexity index is 518. The number of ether oxygens (including phenoxy) is 11. The first kappa shape index (κ1) is 39.5. The summed E-state index contributed by atoms with van der Waals surface area (Å²) >= 11 is 0. The van der Waals surface area contributed by atoms with Crippen LogP contribution >= 0.6 is 0 Å². The van der Waals surface area contributed by atoms with Gasteiger partial charge in [-0.3, -0.25) is 0 Å². The minimum absolute atomic E-state index is 0.375. The maximum Gasteiger partial charge on any atom is 0.0704 e. The fourth-order valence-electron chi connectivity index (χ4n) is 3.56. The van der Waals surface area contributed by atoms with Gasteiger partial charge in [0.2, 0.25) is 0 Å². The Labute approximate surface area is 254 Å². The summed E-state index contributed by atoms with van der Waals surface area (Å²) in [5.74, 6) is 0. The van der Waals surface area contributed by atoms with E-state index in [2.05, 4.69) is 10.2 Å². The van der Waals surface area contributed by atoms with E-state index in [-0.39, 0.29) is 0 Å². The summed E-state index contributed by atoms with van der Waals surface area (Å²) in [5, 5.41) is 3.33. The zero-order valence-corrected chi connectivity index (χ0v) is 26.4. The van der Waals surface area contributed by atoms with Crippen LogP contribution in [-0.2, 0) is 52.1 Å². The molecule has 0 radical (unpaired) electrons. The zero-order valence-electron chi connectivity index (χ0n) is 26.4. The highest BCUT2D eigenvalue weighted by molar-refractivity contribution is 4.67. The van der Waals surface area contributed by atoms with Crippen molar-refractivity contribution in [1.29, 1.82) is 0 Å². The highest BCUT2D eigenvalue weighted by Crippen LogP contribution is 2.06. The van der Waals surface area contributed by atoms with E-state index in [0.717, 1.165) is 39.1 Å². The van der Waals surface area contributed by atoms with Crippen molar-refractivity contribution >= 4 is 0 Å². The van der Waals surface area contributed by atoms with Crippen LogP contribution < -0.4 is 5.32 Å². The molecule has 0 aliphatic carbocycles. The van der Waals surface area contributed by atoms with Crippen LogP contribution in [0.25, 0.3) is 0 Å². The summed E-state index contributed by atoms with van der Waals surface area (Å²) in [6.07, 6.45) is 2.54. The number of nitrogens with one attached hydrogen (secondary N) is 1. The summed E-state index contributed by atoms with van der Waals surface area (Å²) < 4.78 is 60.6. The number of nitrogens with zero attached hydrogens (tertiary/aromatic N) is 1. The zero-order chi connectivity index (χ0) is 30.0. The van der Waals surface area contributed by atoms with Crippen LogP contribution in [-0.4, -0.2) is 183 Å². The second-order valence-corrected chi connectivity index (χ2v) is 9.75. The summed E-state index contributed by atoms with van der Waals surface area (Å²) in [5.41, 5.74) is 0. The maximum absolute atomic E-state index is 5.79. The summed E-state index contributed by atoms with van der Waals surface area (Å²) in [4.78, 5) is 2.08. The van der Waals surface area contributed by atoms with Gasteiger partial charge in [0.1, 0.15) is 0 Å². The molecule has 1 rings (SSSR count). The van der Waals surface area contributed by atoms with E-state index >= 15 is 0 Å². The Morgan fingerprint density at radius 2 is 0.667 bits per heavy atom. The van der Waals surface area contributed by atoms with E-state index in [1.807, 2.05) is 14.1 Å². The SMILES string of the molecule is CN(C)CCOCCOCCOCCOCCOCCOCCOCCOCCOCCOCCOC1CCNCC1. The Kier molecular flexibility index (Phi) is 31.4. The van der Waals surface area contributed by atoms with E-state index in [1.54, 1.807) is 0 Å². The molecule has 42 heavy (non-hydrogen) atoms. The monoisotopic (exact) mass is 612 g/mol. The van der Waals surface area contributed by atoms with Crippen LogP contribution in [0.5, 0.6) is 0 Å². The third-order valence-corrected chi connectivity index (χ3v) is 5.90. The molecule has 13 heteroatoms. The normalized spacial score (nSPS) is 14.4. The van der Waals surface area contributed by atoms with Crippen molar-refractivity contribution in [3.8, 4) is 0 Å². The second kappa shape index (κ2) is 33.4. The smallest absolute Gasteiger partial charge is 0.0704 e. The van der Waals surface area contributed by atoms with Crippen LogP contribution in [0.2, 0.25) is 0 Å². The fraction of sp³-hybridized carbons (Fsp3) is 1.00. The lowest BCUT2D eigenvalue weighted by molar-refractivity contribution is -0.0324. The van der Waals surface area contributed by atoms with Crippen molar-refractivity contribution in [1.82, 2.24) is 10.2 Å². The third kappa shape index (κ3) is 30.9. The molecule has 0 aromatic rings. The van der Waals surface area contributed by atoms with Gasteiger partial charge in [0.05, 0.1) is 145 Å². The Hall–Kier alpha value is -0.520. The average Bonchev–Trinajstić information content (AvgIpc) is 3.00. The third-order valence-electron chi connectivity index (χ3n) is 5.90. The van der Waals surface area contributed by atoms with Gasteiger partial charge in [-0.05, 0) is 40.0 Å². The molecule has 0 bridgehead atoms. The molecular formula is C29H60N2O11. The van der Waals surface area contributed by atoms with Crippen LogP contribution in [0, 0.1) is 0 Å². The highest BCUT2D eigenvalue weighted by Gasteiger charge is 2.12. The molecule has 0 saturated carbocycles. The lowest BCUT2D eigenvalue weighted by Crippen LogP contribution is -2.33. The number of hydrogen-bond donors (Lipinski definition) is 1. The van der Waals surface area contributed by atoms with E-state index in [0.29, 0.717) is 138 Å². The van der Waals surface area contributed by atoms with Gasteiger partial charge in [-0.2, -0.15) is 0 Å². The van der Waals surface area contributed by atoms with E-state index in [9.17, 15) is 0 Å². The lowest BCUT2D eigenvalue weighted by Gasteiger charge is -2.22. The van der Waals surface area contributed by atoms with Gasteiger partial charge < -0.3 is 62.3 Å². The number of rotatable bonds is 34. The minimum atomic E-state index is 0.375. The summed E-state index contributed by atoms with van der Waals surface area (Å²) in [6, 6.07) is 0. The predicted octanol–water partition coefficient (Wildman–Crippen LogP) is 0.483. The molecule has 0 unspecified atom stereocenters. The van der Waals surface area contributed by atoms with Crippen LogP contribution in [0.3, 0.4) is 0 Å². The molecule has 252 valence electrons. The molecule has 1 saturated heterocycles. The Morgan fingerprint density at radius 1 is 0.405 bits per heavy atom. The first-order chi connectivity index (χ1) is 20.8. The largest absolute Gasteiger partial charge is 0.378 e. The van der Waals surface area contributed by atoms with Crippen molar-refractivity contribution < 1.29 is 52.1 Å². The van der Waals surface area contributed by atoms with Crippen LogP contribution in [0.15, 0.2) is 0 Å². The molecule has 1 heterocycles. The molecule has 1 fully saturated rings. The molecule has 1 aliphatic heterocycles. The van der Waals surface area contributed by atoms with Crippen molar-refractivity contribution in [2.45, 2.75) is 18.9 Å². The number of piperidine rings is 1. The van der Waals surface area contributed by atoms with Crippen molar-refractivity contribution in [3.63, 3.8) is 0 Å². The standard InChI is InChI=1S/C29H60N2O11/c1-31(2)7-8-32-9-10-33-11-12-34-13-14-35-15-16-36-17-18-37-19-20-38-21-22-39-23-24-40-25-26-41-27-28-42-29-3-5-30-6-4-29/h29-30H,3-28H2,1-2H3. The first-order valence-electron chi connectivity index (χ1n) is 15.5. The molecule has 1 N–H and O–H groups in total. The maximum atomic E-state index is 5.79. The lowest BCUT2D eigenvalue weighted by atomic mass is 10.1. The number of hydrogen-bond acceptors (Lipinski definition) is 13. The van der Waals surface area contributed by atoms with Crippen molar-refractivity contribution in [2.24, 2.45) is 0 Å². The second-order valence-electron chi connectivity index (χ2n) is 9.75. The topological polar surface area (TPSA) is 117 Å². The fourth-order valence-corrected chi connectivity index (χ4v) is 3.56. The van der Waals surface area contributed by atoms with Gasteiger partial charge in [0, 0.05) is 6.54 Å². The average molecular weight is 613 g/mol.